The van der Waals surface area contributed by atoms with E-state index in [4.69, 9.17) is 0 Å². The number of rotatable bonds is 5. The van der Waals surface area contributed by atoms with Crippen LogP contribution in [0.3, 0.4) is 0 Å². The molecule has 100 valence electrons. The maximum atomic E-state index is 4.42. The third-order valence-corrected chi connectivity index (χ3v) is 4.32. The number of hydrogen-bond acceptors (Lipinski definition) is 2. The molecule has 1 N–H and O–H groups in total. The van der Waals surface area contributed by atoms with Crippen LogP contribution < -0.4 is 5.32 Å². The zero-order valence-electron chi connectivity index (χ0n) is 11.6. The van der Waals surface area contributed by atoms with Gasteiger partial charge in [-0.25, -0.2) is 0 Å². The maximum absolute atomic E-state index is 4.42. The Morgan fingerprint density at radius 1 is 1.26 bits per heavy atom. The summed E-state index contributed by atoms with van der Waals surface area (Å²) in [6.07, 6.45) is 4.40. The van der Waals surface area contributed by atoms with Gasteiger partial charge in [0.25, 0.3) is 0 Å². The minimum atomic E-state index is 0.253. The fraction of sp³-hybridized carbons (Fsp3) is 0.438. The Balaban J connectivity index is 1.99. The second-order valence-electron chi connectivity index (χ2n) is 5.32. The first-order valence-electron chi connectivity index (χ1n) is 7.06. The molecule has 0 saturated heterocycles. The van der Waals surface area contributed by atoms with Gasteiger partial charge in [0.1, 0.15) is 0 Å². The lowest BCUT2D eigenvalue weighted by molar-refractivity contribution is 0.425. The van der Waals surface area contributed by atoms with Crippen molar-refractivity contribution in [3.05, 3.63) is 53.9 Å². The number of hydrogen-bond donors (Lipinski definition) is 1. The number of nitrogens with zero attached hydrogens (tertiary/aromatic N) is 2. The van der Waals surface area contributed by atoms with Crippen molar-refractivity contribution in [2.75, 3.05) is 7.05 Å². The molecule has 0 bridgehead atoms. The molecule has 3 rings (SSSR count). The van der Waals surface area contributed by atoms with Crippen LogP contribution in [0.4, 0.5) is 0 Å². The molecule has 1 aliphatic rings. The van der Waals surface area contributed by atoms with Gasteiger partial charge in [0, 0.05) is 18.2 Å². The van der Waals surface area contributed by atoms with E-state index in [-0.39, 0.29) is 5.41 Å². The minimum absolute atomic E-state index is 0.253. The van der Waals surface area contributed by atoms with E-state index in [1.54, 1.807) is 0 Å². The summed E-state index contributed by atoms with van der Waals surface area (Å²) in [5.41, 5.74) is 2.99. The zero-order valence-corrected chi connectivity index (χ0v) is 11.6. The molecule has 1 heterocycles. The Bertz CT molecular complexity index is 540. The van der Waals surface area contributed by atoms with Crippen LogP contribution in [0.25, 0.3) is 0 Å². The van der Waals surface area contributed by atoms with E-state index < -0.39 is 0 Å². The van der Waals surface area contributed by atoms with Crippen LogP contribution in [0.15, 0.2) is 42.6 Å². The quantitative estimate of drug-likeness (QED) is 0.890. The second kappa shape index (κ2) is 4.82. The molecule has 1 fully saturated rings. The summed E-state index contributed by atoms with van der Waals surface area (Å²) in [5.74, 6) is 0. The normalized spacial score (nSPS) is 18.2. The highest BCUT2D eigenvalue weighted by Crippen LogP contribution is 2.56. The molecule has 3 heteroatoms. The average Bonchev–Trinajstić information content (AvgIpc) is 3.13. The molecule has 19 heavy (non-hydrogen) atoms. The summed E-state index contributed by atoms with van der Waals surface area (Å²) in [7, 11) is 2.06. The van der Waals surface area contributed by atoms with Crippen molar-refractivity contribution < 1.29 is 0 Å². The summed E-state index contributed by atoms with van der Waals surface area (Å²) in [5, 5.41) is 7.93. The van der Waals surface area contributed by atoms with Crippen molar-refractivity contribution in [3.63, 3.8) is 0 Å². The van der Waals surface area contributed by atoms with E-state index in [9.17, 15) is 0 Å². The van der Waals surface area contributed by atoms with Crippen LogP contribution >= 0.6 is 0 Å². The van der Waals surface area contributed by atoms with Gasteiger partial charge in [-0.1, -0.05) is 30.3 Å². The molecule has 1 aliphatic carbocycles. The van der Waals surface area contributed by atoms with E-state index in [0.29, 0.717) is 6.04 Å². The fourth-order valence-corrected chi connectivity index (χ4v) is 3.21. The van der Waals surface area contributed by atoms with Crippen molar-refractivity contribution in [1.82, 2.24) is 15.1 Å². The maximum Gasteiger partial charge on any atom is 0.0587 e. The fourth-order valence-electron chi connectivity index (χ4n) is 3.21. The van der Waals surface area contributed by atoms with Crippen molar-refractivity contribution in [2.24, 2.45) is 0 Å². The topological polar surface area (TPSA) is 29.9 Å². The number of aryl methyl sites for hydroxylation is 1. The SMILES string of the molecule is CCn1nccc1C(NC)C1(c2ccccc2)CC1. The van der Waals surface area contributed by atoms with Crippen molar-refractivity contribution in [2.45, 2.75) is 37.8 Å². The standard InChI is InChI=1S/C16H21N3/c1-3-19-14(9-12-18-19)15(17-2)16(10-11-16)13-7-5-4-6-8-13/h4-9,12,15,17H,3,10-11H2,1-2H3. The van der Waals surface area contributed by atoms with Crippen LogP contribution in [0.1, 0.15) is 37.1 Å². The van der Waals surface area contributed by atoms with E-state index in [1.807, 2.05) is 6.20 Å². The highest BCUT2D eigenvalue weighted by molar-refractivity contribution is 5.36. The number of benzene rings is 1. The van der Waals surface area contributed by atoms with Gasteiger partial charge in [-0.15, -0.1) is 0 Å². The smallest absolute Gasteiger partial charge is 0.0587 e. The number of aromatic nitrogens is 2. The van der Waals surface area contributed by atoms with Crippen LogP contribution in [0, 0.1) is 0 Å². The van der Waals surface area contributed by atoms with Gasteiger partial charge >= 0.3 is 0 Å². The van der Waals surface area contributed by atoms with E-state index >= 15 is 0 Å². The molecule has 1 atom stereocenters. The van der Waals surface area contributed by atoms with Gasteiger partial charge in [-0.2, -0.15) is 5.10 Å². The van der Waals surface area contributed by atoms with Crippen molar-refractivity contribution in [3.8, 4) is 0 Å². The summed E-state index contributed by atoms with van der Waals surface area (Å²) in [6.45, 7) is 3.07. The minimum Gasteiger partial charge on any atom is -0.311 e. The lowest BCUT2D eigenvalue weighted by Crippen LogP contribution is -2.31. The van der Waals surface area contributed by atoms with Crippen molar-refractivity contribution >= 4 is 0 Å². The Hall–Kier alpha value is -1.61. The molecule has 1 saturated carbocycles. The summed E-state index contributed by atoms with van der Waals surface area (Å²) < 4.78 is 2.10. The van der Waals surface area contributed by atoms with E-state index in [1.165, 1.54) is 24.1 Å². The first kappa shape index (κ1) is 12.4. The third-order valence-electron chi connectivity index (χ3n) is 4.32. The zero-order chi connectivity index (χ0) is 13.3. The second-order valence-corrected chi connectivity index (χ2v) is 5.32. The summed E-state index contributed by atoms with van der Waals surface area (Å²) in [4.78, 5) is 0. The van der Waals surface area contributed by atoms with E-state index in [2.05, 4.69) is 65.5 Å². The van der Waals surface area contributed by atoms with Gasteiger partial charge in [-0.05, 0) is 38.4 Å². The van der Waals surface area contributed by atoms with Gasteiger partial charge < -0.3 is 5.32 Å². The molecule has 1 aromatic carbocycles. The third kappa shape index (κ3) is 1.98. The number of nitrogens with one attached hydrogen (secondary N) is 1. The Kier molecular flexibility index (Phi) is 3.15. The van der Waals surface area contributed by atoms with Gasteiger partial charge in [0.15, 0.2) is 0 Å². The molecule has 1 aromatic heterocycles. The largest absolute Gasteiger partial charge is 0.311 e. The summed E-state index contributed by atoms with van der Waals surface area (Å²) in [6, 6.07) is 13.4. The molecule has 1 unspecified atom stereocenters. The van der Waals surface area contributed by atoms with Gasteiger partial charge in [0.2, 0.25) is 0 Å². The average molecular weight is 255 g/mol. The lowest BCUT2D eigenvalue weighted by atomic mass is 9.86. The molecular weight excluding hydrogens is 234 g/mol. The predicted octanol–water partition coefficient (Wildman–Crippen LogP) is 2.90. The highest BCUT2D eigenvalue weighted by Gasteiger charge is 2.51. The molecule has 3 nitrogen and oxygen atoms in total. The Labute approximate surface area is 114 Å². The first-order valence-corrected chi connectivity index (χ1v) is 7.06. The number of likely N-dealkylation sites (N-methyl/N-ethyl adjacent to an activating group) is 1. The molecule has 0 aliphatic heterocycles. The van der Waals surface area contributed by atoms with E-state index in [0.717, 1.165) is 6.54 Å². The molecule has 0 radical (unpaired) electrons. The van der Waals surface area contributed by atoms with Crippen LogP contribution in [-0.2, 0) is 12.0 Å². The monoisotopic (exact) mass is 255 g/mol. The summed E-state index contributed by atoms with van der Waals surface area (Å²) >= 11 is 0. The first-order chi connectivity index (χ1) is 9.31. The molecule has 0 spiro atoms. The lowest BCUT2D eigenvalue weighted by Gasteiger charge is -2.28. The predicted molar refractivity (Wildman–Crippen MR) is 77.1 cm³/mol. The van der Waals surface area contributed by atoms with Gasteiger partial charge in [-0.3, -0.25) is 4.68 Å². The van der Waals surface area contributed by atoms with Crippen LogP contribution in [0.5, 0.6) is 0 Å². The Morgan fingerprint density at radius 2 is 2.00 bits per heavy atom. The van der Waals surface area contributed by atoms with Crippen LogP contribution in [0.2, 0.25) is 0 Å². The molecule has 0 amide bonds. The van der Waals surface area contributed by atoms with Crippen LogP contribution in [-0.4, -0.2) is 16.8 Å². The molecular formula is C16H21N3. The van der Waals surface area contributed by atoms with Crippen molar-refractivity contribution in [1.29, 1.82) is 0 Å². The van der Waals surface area contributed by atoms with Gasteiger partial charge in [0.05, 0.1) is 11.7 Å². The molecule has 2 aromatic rings. The Morgan fingerprint density at radius 3 is 2.58 bits per heavy atom. The highest BCUT2D eigenvalue weighted by atomic mass is 15.3.